The molecule has 10 heteroatoms. The molecule has 9 nitrogen and oxygen atoms in total. The molecule has 0 bridgehead atoms. The highest BCUT2D eigenvalue weighted by Crippen LogP contribution is 2.39. The first-order chi connectivity index (χ1) is 14.3. The van der Waals surface area contributed by atoms with E-state index in [0.29, 0.717) is 0 Å². The van der Waals surface area contributed by atoms with Gasteiger partial charge in [-0.15, -0.1) is 4.36 Å². The zero-order chi connectivity index (χ0) is 21.1. The number of nitrogens with one attached hydrogen (secondary N) is 1. The van der Waals surface area contributed by atoms with E-state index < -0.39 is 26.9 Å². The second-order valence-corrected chi connectivity index (χ2v) is 10.5. The Balaban J connectivity index is 1.44. The molecule has 4 atom stereocenters. The van der Waals surface area contributed by atoms with Gasteiger partial charge in [-0.25, -0.2) is 14.1 Å². The van der Waals surface area contributed by atoms with Crippen molar-refractivity contribution in [3.63, 3.8) is 0 Å². The van der Waals surface area contributed by atoms with Crippen LogP contribution in [-0.4, -0.2) is 56.8 Å². The van der Waals surface area contributed by atoms with E-state index in [1.54, 1.807) is 11.9 Å². The first-order valence-electron chi connectivity index (χ1n) is 10.4. The van der Waals surface area contributed by atoms with Gasteiger partial charge in [-0.3, -0.25) is 5.01 Å². The highest BCUT2D eigenvalue weighted by atomic mass is 32.2. The summed E-state index contributed by atoms with van der Waals surface area (Å²) in [5.41, 5.74) is 4.67. The van der Waals surface area contributed by atoms with E-state index in [1.165, 1.54) is 28.5 Å². The van der Waals surface area contributed by atoms with Gasteiger partial charge in [-0.2, -0.15) is 5.10 Å². The number of nitrogens with two attached hydrogens (primary N) is 1. The standard InChI is InChI=1S/C20H27N5O4S/c1-20-17(9-22-25(20)14(10-26)11-29-20)30(21,28)24-19(27)23-18-15-6-2-4-12(15)8-13-5-3-7-16(13)18/h8-9,14,17,26H,2-7,10-11H2,1H3,(H3,21,23,24,27,28)/t14-,17?,20?,30-/m0/s1. The lowest BCUT2D eigenvalue weighted by atomic mass is 9.99. The first-order valence-corrected chi connectivity index (χ1v) is 12.1. The van der Waals surface area contributed by atoms with Gasteiger partial charge in [0.15, 0.2) is 5.72 Å². The normalized spacial score (nSPS) is 30.7. The van der Waals surface area contributed by atoms with Crippen LogP contribution in [0.2, 0.25) is 0 Å². The van der Waals surface area contributed by atoms with E-state index >= 15 is 0 Å². The third kappa shape index (κ3) is 2.96. The summed E-state index contributed by atoms with van der Waals surface area (Å²) < 4.78 is 23.0. The molecular formula is C20H27N5O4S. The van der Waals surface area contributed by atoms with E-state index in [2.05, 4.69) is 20.8 Å². The molecule has 0 radical (unpaired) electrons. The summed E-state index contributed by atoms with van der Waals surface area (Å²) in [6.07, 6.45) is 7.45. The Bertz CT molecular complexity index is 1030. The molecule has 2 aliphatic heterocycles. The minimum atomic E-state index is -3.49. The molecule has 2 heterocycles. The van der Waals surface area contributed by atoms with Crippen LogP contribution in [0.1, 0.15) is 42.0 Å². The lowest BCUT2D eigenvalue weighted by Gasteiger charge is -2.32. The van der Waals surface area contributed by atoms with Crippen LogP contribution < -0.4 is 10.5 Å². The Hall–Kier alpha value is -2.01. The van der Waals surface area contributed by atoms with Crippen molar-refractivity contribution in [3.05, 3.63) is 28.3 Å². The van der Waals surface area contributed by atoms with Crippen molar-refractivity contribution in [1.82, 2.24) is 5.01 Å². The van der Waals surface area contributed by atoms with Gasteiger partial charge in [0.25, 0.3) is 0 Å². The van der Waals surface area contributed by atoms with Gasteiger partial charge in [-0.1, -0.05) is 6.07 Å². The van der Waals surface area contributed by atoms with Crippen molar-refractivity contribution in [2.75, 3.05) is 18.5 Å². The van der Waals surface area contributed by atoms with Crippen molar-refractivity contribution >= 4 is 27.8 Å². The smallest absolute Gasteiger partial charge is 0.354 e. The monoisotopic (exact) mass is 433 g/mol. The summed E-state index contributed by atoms with van der Waals surface area (Å²) in [5.74, 6) is 0. The van der Waals surface area contributed by atoms with Gasteiger partial charge >= 0.3 is 6.03 Å². The summed E-state index contributed by atoms with van der Waals surface area (Å²) in [5, 5.41) is 23.4. The fourth-order valence-corrected chi connectivity index (χ4v) is 6.72. The van der Waals surface area contributed by atoms with Gasteiger partial charge < -0.3 is 15.2 Å². The lowest BCUT2D eigenvalue weighted by Crippen LogP contribution is -2.52. The van der Waals surface area contributed by atoms with Crippen LogP contribution in [0.25, 0.3) is 0 Å². The summed E-state index contributed by atoms with van der Waals surface area (Å²) in [6.45, 7) is 1.80. The number of hydrogen-bond acceptors (Lipinski definition) is 6. The number of aryl methyl sites for hydroxylation is 2. The quantitative estimate of drug-likeness (QED) is 0.662. The minimum Gasteiger partial charge on any atom is -0.394 e. The number of hydrogen-bond donors (Lipinski definition) is 3. The van der Waals surface area contributed by atoms with Gasteiger partial charge in [0.1, 0.15) is 15.2 Å². The molecule has 0 saturated carbocycles. The number of carbonyl (C=O) groups is 1. The van der Waals surface area contributed by atoms with Crippen LogP contribution in [0.3, 0.4) is 0 Å². The maximum absolute atomic E-state index is 13.3. The Morgan fingerprint density at radius 1 is 1.37 bits per heavy atom. The SMILES string of the molecule is CC12OC[C@H](CO)N1N=CC2[S@@](N)(=O)=NC(=O)Nc1c2c(cc3c1CCC3)CCC2. The lowest BCUT2D eigenvalue weighted by molar-refractivity contribution is -0.0495. The number of aliphatic hydroxyl groups is 1. The topological polar surface area (TPSA) is 130 Å². The van der Waals surface area contributed by atoms with E-state index in [9.17, 15) is 14.1 Å². The zero-order valence-corrected chi connectivity index (χ0v) is 17.8. The fourth-order valence-electron chi connectivity index (χ4n) is 5.27. The molecule has 2 unspecified atom stereocenters. The van der Waals surface area contributed by atoms with E-state index in [-0.39, 0.29) is 19.3 Å². The number of anilines is 1. The molecule has 4 aliphatic rings. The van der Waals surface area contributed by atoms with Crippen molar-refractivity contribution in [2.24, 2.45) is 14.6 Å². The Kier molecular flexibility index (Phi) is 4.66. The molecule has 2 aliphatic carbocycles. The number of ether oxygens (including phenoxy) is 1. The van der Waals surface area contributed by atoms with Crippen LogP contribution in [0.5, 0.6) is 0 Å². The molecular weight excluding hydrogens is 406 g/mol. The number of benzene rings is 1. The highest BCUT2D eigenvalue weighted by Gasteiger charge is 2.55. The number of aliphatic hydroxyl groups excluding tert-OH is 1. The Labute approximate surface area is 176 Å². The number of hydrazone groups is 1. The zero-order valence-electron chi connectivity index (χ0n) is 17.0. The molecule has 2 amide bonds. The van der Waals surface area contributed by atoms with Gasteiger partial charge in [-0.05, 0) is 67.7 Å². The average Bonchev–Trinajstić information content (AvgIpc) is 3.43. The molecule has 1 aromatic carbocycles. The van der Waals surface area contributed by atoms with Crippen molar-refractivity contribution in [2.45, 2.75) is 62.5 Å². The number of fused-ring (bicyclic) bond motifs is 3. The molecule has 1 aromatic rings. The summed E-state index contributed by atoms with van der Waals surface area (Å²) in [4.78, 5) is 12.8. The Morgan fingerprint density at radius 3 is 2.67 bits per heavy atom. The number of nitrogens with zero attached hydrogens (tertiary/aromatic N) is 3. The van der Waals surface area contributed by atoms with Gasteiger partial charge in [0.2, 0.25) is 0 Å². The molecule has 4 N–H and O–H groups in total. The predicted octanol–water partition coefficient (Wildman–Crippen LogP) is 1.31. The van der Waals surface area contributed by atoms with Gasteiger partial charge in [0, 0.05) is 11.9 Å². The summed E-state index contributed by atoms with van der Waals surface area (Å²) >= 11 is 0. The number of urea groups is 1. The van der Waals surface area contributed by atoms with E-state index in [1.807, 2.05) is 0 Å². The van der Waals surface area contributed by atoms with Crippen LogP contribution in [0.4, 0.5) is 10.5 Å². The van der Waals surface area contributed by atoms with Crippen LogP contribution in [-0.2, 0) is 40.3 Å². The molecule has 0 aromatic heterocycles. The second kappa shape index (κ2) is 7.01. The van der Waals surface area contributed by atoms with Crippen molar-refractivity contribution in [1.29, 1.82) is 0 Å². The van der Waals surface area contributed by atoms with E-state index in [0.717, 1.165) is 44.2 Å². The van der Waals surface area contributed by atoms with Crippen molar-refractivity contribution < 1.29 is 18.8 Å². The molecule has 1 fully saturated rings. The predicted molar refractivity (Wildman–Crippen MR) is 114 cm³/mol. The second-order valence-electron chi connectivity index (χ2n) is 8.60. The minimum absolute atomic E-state index is 0.146. The third-order valence-electron chi connectivity index (χ3n) is 6.73. The fraction of sp³-hybridized carbons (Fsp3) is 0.600. The molecule has 5 rings (SSSR count). The van der Waals surface area contributed by atoms with Crippen LogP contribution in [0, 0.1) is 0 Å². The van der Waals surface area contributed by atoms with Gasteiger partial charge in [0.05, 0.1) is 19.3 Å². The maximum Gasteiger partial charge on any atom is 0.354 e. The summed E-state index contributed by atoms with van der Waals surface area (Å²) in [6, 6.07) is 1.24. The summed E-state index contributed by atoms with van der Waals surface area (Å²) in [7, 11) is -3.49. The van der Waals surface area contributed by atoms with Crippen LogP contribution >= 0.6 is 0 Å². The third-order valence-corrected chi connectivity index (χ3v) is 8.47. The maximum atomic E-state index is 13.3. The number of amides is 2. The highest BCUT2D eigenvalue weighted by molar-refractivity contribution is 7.93. The molecule has 30 heavy (non-hydrogen) atoms. The Morgan fingerprint density at radius 2 is 2.03 bits per heavy atom. The molecule has 0 spiro atoms. The van der Waals surface area contributed by atoms with Crippen LogP contribution in [0.15, 0.2) is 15.5 Å². The largest absolute Gasteiger partial charge is 0.394 e. The number of rotatable bonds is 3. The van der Waals surface area contributed by atoms with E-state index in [4.69, 9.17) is 9.88 Å². The number of carbonyl (C=O) groups excluding carboxylic acids is 1. The molecule has 1 saturated heterocycles. The molecule has 162 valence electrons. The first kappa shape index (κ1) is 19.9. The average molecular weight is 434 g/mol. The van der Waals surface area contributed by atoms with Crippen molar-refractivity contribution in [3.8, 4) is 0 Å².